The van der Waals surface area contributed by atoms with Crippen LogP contribution < -0.4 is 11.1 Å². The minimum absolute atomic E-state index is 0.192. The summed E-state index contributed by atoms with van der Waals surface area (Å²) in [7, 11) is 0. The molecular weight excluding hydrogens is 274 g/mol. The second kappa shape index (κ2) is 6.77. The summed E-state index contributed by atoms with van der Waals surface area (Å²) in [6.45, 7) is 3.87. The molecule has 1 unspecified atom stereocenters. The van der Waals surface area contributed by atoms with Gasteiger partial charge in [0.1, 0.15) is 0 Å². The van der Waals surface area contributed by atoms with Gasteiger partial charge in [-0.25, -0.2) is 0 Å². The zero-order valence-electron chi connectivity index (χ0n) is 12.8. The number of nitrogens with one attached hydrogen (secondary N) is 1. The fourth-order valence-corrected chi connectivity index (χ4v) is 2.22. The largest absolute Gasteiger partial charge is 0.398 e. The van der Waals surface area contributed by atoms with Crippen molar-refractivity contribution in [2.24, 2.45) is 0 Å². The third-order valence-electron chi connectivity index (χ3n) is 3.65. The first-order valence-electron chi connectivity index (χ1n) is 7.22. The fourth-order valence-electron chi connectivity index (χ4n) is 2.22. The lowest BCUT2D eigenvalue weighted by Crippen LogP contribution is -2.12. The molecule has 0 saturated heterocycles. The molecule has 1 atom stereocenters. The van der Waals surface area contributed by atoms with Crippen molar-refractivity contribution in [2.45, 2.75) is 26.2 Å². The molecule has 0 aliphatic carbocycles. The molecule has 22 heavy (non-hydrogen) atoms. The van der Waals surface area contributed by atoms with E-state index >= 15 is 0 Å². The van der Waals surface area contributed by atoms with Gasteiger partial charge in [-0.1, -0.05) is 25.1 Å². The van der Waals surface area contributed by atoms with Crippen LogP contribution in [0.1, 0.15) is 40.7 Å². The molecule has 4 nitrogen and oxygen atoms in total. The number of nitrogens with two attached hydrogens (primary N) is 1. The molecule has 112 valence electrons. The topological polar surface area (TPSA) is 78.9 Å². The molecule has 0 saturated carbocycles. The van der Waals surface area contributed by atoms with Crippen molar-refractivity contribution in [3.05, 3.63) is 59.2 Å². The number of nitrogens with zero attached hydrogens (tertiary/aromatic N) is 1. The second-order valence-corrected chi connectivity index (χ2v) is 5.24. The number of aryl methyl sites for hydroxylation is 1. The molecule has 0 aromatic heterocycles. The van der Waals surface area contributed by atoms with Gasteiger partial charge >= 0.3 is 0 Å². The number of nitrogen functional groups attached to an aromatic ring is 1. The number of hydrogen-bond donors (Lipinski definition) is 2. The summed E-state index contributed by atoms with van der Waals surface area (Å²) in [5.74, 6) is -0.402. The van der Waals surface area contributed by atoms with Crippen molar-refractivity contribution in [1.82, 2.24) is 0 Å². The molecule has 4 heteroatoms. The van der Waals surface area contributed by atoms with E-state index in [0.29, 0.717) is 16.9 Å². The highest BCUT2D eigenvalue weighted by Gasteiger charge is 2.12. The average molecular weight is 293 g/mol. The van der Waals surface area contributed by atoms with Gasteiger partial charge in [0.2, 0.25) is 0 Å². The Morgan fingerprint density at radius 2 is 2.09 bits per heavy atom. The van der Waals surface area contributed by atoms with Gasteiger partial charge in [0.05, 0.1) is 12.0 Å². The van der Waals surface area contributed by atoms with Gasteiger partial charge in [0.25, 0.3) is 5.91 Å². The first kappa shape index (κ1) is 15.6. The van der Waals surface area contributed by atoms with Crippen LogP contribution in [0.4, 0.5) is 11.4 Å². The fraction of sp³-hybridized carbons (Fsp3) is 0.222. The van der Waals surface area contributed by atoms with E-state index in [1.807, 2.05) is 32.0 Å². The monoisotopic (exact) mass is 293 g/mol. The molecule has 0 spiro atoms. The molecule has 2 aromatic carbocycles. The van der Waals surface area contributed by atoms with Gasteiger partial charge in [-0.3, -0.25) is 4.79 Å². The number of amides is 1. The average Bonchev–Trinajstić information content (AvgIpc) is 2.52. The van der Waals surface area contributed by atoms with Crippen LogP contribution in [0.2, 0.25) is 0 Å². The van der Waals surface area contributed by atoms with Crippen molar-refractivity contribution in [1.29, 1.82) is 5.26 Å². The number of carbonyl (C=O) groups is 1. The number of anilines is 2. The molecule has 0 radical (unpaired) electrons. The zero-order valence-corrected chi connectivity index (χ0v) is 12.8. The van der Waals surface area contributed by atoms with Crippen LogP contribution in [0.15, 0.2) is 42.5 Å². The van der Waals surface area contributed by atoms with E-state index in [9.17, 15) is 4.79 Å². The maximum absolute atomic E-state index is 12.3. The molecule has 0 fully saturated rings. The highest BCUT2D eigenvalue weighted by Crippen LogP contribution is 2.21. The van der Waals surface area contributed by atoms with Crippen LogP contribution in [-0.4, -0.2) is 5.91 Å². The molecule has 1 amide bonds. The first-order valence-corrected chi connectivity index (χ1v) is 7.22. The smallest absolute Gasteiger partial charge is 0.255 e. The lowest BCUT2D eigenvalue weighted by Gasteiger charge is -2.10. The minimum atomic E-state index is -0.210. The van der Waals surface area contributed by atoms with Crippen LogP contribution in [0.5, 0.6) is 0 Å². The number of rotatable bonds is 4. The molecule has 0 heterocycles. The SMILES string of the molecule is CCC(C#N)c1cccc(C(=O)Nc2ccc(C)c(N)c2)c1. The van der Waals surface area contributed by atoms with Crippen LogP contribution in [0.3, 0.4) is 0 Å². The summed E-state index contributed by atoms with van der Waals surface area (Å²) in [5.41, 5.74) is 9.51. The van der Waals surface area contributed by atoms with Crippen LogP contribution in [-0.2, 0) is 0 Å². The van der Waals surface area contributed by atoms with Gasteiger partial charge in [-0.05, 0) is 48.7 Å². The molecule has 0 bridgehead atoms. The predicted octanol–water partition coefficient (Wildman–Crippen LogP) is 3.85. The normalized spacial score (nSPS) is 11.5. The quantitative estimate of drug-likeness (QED) is 0.840. The van der Waals surface area contributed by atoms with Gasteiger partial charge in [-0.15, -0.1) is 0 Å². The van der Waals surface area contributed by atoms with Crippen LogP contribution >= 0.6 is 0 Å². The van der Waals surface area contributed by atoms with E-state index in [4.69, 9.17) is 11.0 Å². The number of benzene rings is 2. The Bertz CT molecular complexity index is 731. The van der Waals surface area contributed by atoms with Gasteiger partial charge in [0.15, 0.2) is 0 Å². The van der Waals surface area contributed by atoms with E-state index in [1.165, 1.54) is 0 Å². The Kier molecular flexibility index (Phi) is 4.80. The van der Waals surface area contributed by atoms with Crippen molar-refractivity contribution >= 4 is 17.3 Å². The second-order valence-electron chi connectivity index (χ2n) is 5.24. The number of hydrogen-bond acceptors (Lipinski definition) is 3. The summed E-state index contributed by atoms with van der Waals surface area (Å²) in [4.78, 5) is 12.3. The molecule has 0 aliphatic heterocycles. The highest BCUT2D eigenvalue weighted by atomic mass is 16.1. The Balaban J connectivity index is 2.21. The van der Waals surface area contributed by atoms with Gasteiger partial charge in [0, 0.05) is 16.9 Å². The van der Waals surface area contributed by atoms with Gasteiger partial charge in [-0.2, -0.15) is 5.26 Å². The molecule has 3 N–H and O–H groups in total. The standard InChI is InChI=1S/C18H19N3O/c1-3-13(11-19)14-5-4-6-15(9-14)18(22)21-16-8-7-12(2)17(20)10-16/h4-10,13H,3,20H2,1-2H3,(H,21,22). The third kappa shape index (κ3) is 3.44. The van der Waals surface area contributed by atoms with E-state index in [0.717, 1.165) is 17.5 Å². The van der Waals surface area contributed by atoms with E-state index < -0.39 is 0 Å². The van der Waals surface area contributed by atoms with E-state index in [2.05, 4.69) is 11.4 Å². The van der Waals surface area contributed by atoms with Crippen molar-refractivity contribution in [3.63, 3.8) is 0 Å². The van der Waals surface area contributed by atoms with Crippen LogP contribution in [0, 0.1) is 18.3 Å². The Labute approximate surface area is 130 Å². The summed E-state index contributed by atoms with van der Waals surface area (Å²) in [6, 6.07) is 14.8. The lowest BCUT2D eigenvalue weighted by atomic mass is 9.96. The summed E-state index contributed by atoms with van der Waals surface area (Å²) < 4.78 is 0. The Morgan fingerprint density at radius 1 is 1.32 bits per heavy atom. The lowest BCUT2D eigenvalue weighted by molar-refractivity contribution is 0.102. The molecule has 0 aliphatic rings. The van der Waals surface area contributed by atoms with E-state index in [-0.39, 0.29) is 11.8 Å². The Hall–Kier alpha value is -2.80. The zero-order chi connectivity index (χ0) is 16.1. The van der Waals surface area contributed by atoms with Crippen molar-refractivity contribution in [2.75, 3.05) is 11.1 Å². The molecule has 2 rings (SSSR count). The molecule has 2 aromatic rings. The van der Waals surface area contributed by atoms with Crippen molar-refractivity contribution < 1.29 is 4.79 Å². The van der Waals surface area contributed by atoms with Crippen LogP contribution in [0.25, 0.3) is 0 Å². The maximum atomic E-state index is 12.3. The summed E-state index contributed by atoms with van der Waals surface area (Å²) >= 11 is 0. The predicted molar refractivity (Wildman–Crippen MR) is 88.6 cm³/mol. The Morgan fingerprint density at radius 3 is 2.73 bits per heavy atom. The third-order valence-corrected chi connectivity index (χ3v) is 3.65. The number of nitriles is 1. The van der Waals surface area contributed by atoms with Crippen molar-refractivity contribution in [3.8, 4) is 6.07 Å². The maximum Gasteiger partial charge on any atom is 0.255 e. The van der Waals surface area contributed by atoms with Gasteiger partial charge < -0.3 is 11.1 Å². The summed E-state index contributed by atoms with van der Waals surface area (Å²) in [6.07, 6.45) is 0.718. The number of carbonyl (C=O) groups excluding carboxylic acids is 1. The summed E-state index contributed by atoms with van der Waals surface area (Å²) in [5, 5.41) is 12.0. The minimum Gasteiger partial charge on any atom is -0.398 e. The highest BCUT2D eigenvalue weighted by molar-refractivity contribution is 6.04. The first-order chi connectivity index (χ1) is 10.5. The molecular formula is C18H19N3O. The van der Waals surface area contributed by atoms with E-state index in [1.54, 1.807) is 24.3 Å².